The van der Waals surface area contributed by atoms with Gasteiger partial charge in [-0.25, -0.2) is 0 Å². The van der Waals surface area contributed by atoms with Gasteiger partial charge in [-0.2, -0.15) is 0 Å². The van der Waals surface area contributed by atoms with Crippen LogP contribution in [0.15, 0.2) is 0 Å². The number of aliphatic hydroxyl groups excluding tert-OH is 1. The summed E-state index contributed by atoms with van der Waals surface area (Å²) < 4.78 is 4.60. The molecule has 0 saturated carbocycles. The minimum Gasteiger partial charge on any atom is -0.469 e. The third-order valence-electron chi connectivity index (χ3n) is 3.73. The standard InChI is InChI=1S/C16H37N5O3/c1-24-15(22)7-3-12-21-16(23)14(20-13-5-9-18)6-2-10-19-11-4-8-17/h14,16,19-21,23H,2-13,17-18H2,1H3/t14?,16-/m1/s1. The van der Waals surface area contributed by atoms with E-state index in [2.05, 4.69) is 20.7 Å². The first-order valence-electron chi connectivity index (χ1n) is 8.98. The Morgan fingerprint density at radius 3 is 2.29 bits per heavy atom. The fraction of sp³-hybridized carbons (Fsp3) is 0.938. The number of ether oxygens (including phenoxy) is 1. The molecule has 0 aliphatic heterocycles. The maximum absolute atomic E-state index is 11.1. The van der Waals surface area contributed by atoms with Crippen LogP contribution < -0.4 is 27.4 Å². The zero-order valence-corrected chi connectivity index (χ0v) is 15.1. The van der Waals surface area contributed by atoms with Crippen LogP contribution in [0.4, 0.5) is 0 Å². The van der Waals surface area contributed by atoms with E-state index in [9.17, 15) is 9.90 Å². The second kappa shape index (κ2) is 17.1. The van der Waals surface area contributed by atoms with Gasteiger partial charge in [0.05, 0.1) is 7.11 Å². The molecule has 0 fully saturated rings. The summed E-state index contributed by atoms with van der Waals surface area (Å²) >= 11 is 0. The summed E-state index contributed by atoms with van der Waals surface area (Å²) in [6.07, 6.45) is 4.01. The van der Waals surface area contributed by atoms with Crippen LogP contribution in [-0.4, -0.2) is 69.7 Å². The van der Waals surface area contributed by atoms with Gasteiger partial charge in [0, 0.05) is 12.5 Å². The van der Waals surface area contributed by atoms with E-state index in [1.165, 1.54) is 7.11 Å². The Balaban J connectivity index is 3.99. The number of carbonyl (C=O) groups excluding carboxylic acids is 1. The average Bonchev–Trinajstić information content (AvgIpc) is 2.59. The van der Waals surface area contributed by atoms with Crippen LogP contribution in [-0.2, 0) is 9.53 Å². The van der Waals surface area contributed by atoms with Crippen LogP contribution in [0.3, 0.4) is 0 Å². The summed E-state index contributed by atoms with van der Waals surface area (Å²) in [5.41, 5.74) is 11.0. The van der Waals surface area contributed by atoms with Gasteiger partial charge in [-0.05, 0) is 71.4 Å². The SMILES string of the molecule is COC(=O)CCCN[C@H](O)C(CCCNCCCN)NCCCN. The molecule has 0 amide bonds. The Labute approximate surface area is 146 Å². The monoisotopic (exact) mass is 347 g/mol. The molecule has 24 heavy (non-hydrogen) atoms. The molecule has 0 aliphatic carbocycles. The van der Waals surface area contributed by atoms with E-state index in [0.29, 0.717) is 32.5 Å². The molecule has 0 radical (unpaired) electrons. The highest BCUT2D eigenvalue weighted by molar-refractivity contribution is 5.69. The summed E-state index contributed by atoms with van der Waals surface area (Å²) in [5, 5.41) is 20.1. The van der Waals surface area contributed by atoms with E-state index in [4.69, 9.17) is 11.5 Å². The molecule has 8 N–H and O–H groups in total. The lowest BCUT2D eigenvalue weighted by Gasteiger charge is -2.25. The lowest BCUT2D eigenvalue weighted by molar-refractivity contribution is -0.140. The molecule has 0 rings (SSSR count). The third-order valence-corrected chi connectivity index (χ3v) is 3.73. The van der Waals surface area contributed by atoms with Crippen LogP contribution in [0, 0.1) is 0 Å². The lowest BCUT2D eigenvalue weighted by Crippen LogP contribution is -2.49. The lowest BCUT2D eigenvalue weighted by atomic mass is 10.1. The molecule has 8 nitrogen and oxygen atoms in total. The van der Waals surface area contributed by atoms with Gasteiger partial charge in [-0.3, -0.25) is 10.1 Å². The molecular formula is C16H37N5O3. The fourth-order valence-electron chi connectivity index (χ4n) is 2.29. The van der Waals surface area contributed by atoms with Crippen molar-refractivity contribution in [3.8, 4) is 0 Å². The molecular weight excluding hydrogens is 310 g/mol. The molecule has 144 valence electrons. The molecule has 0 spiro atoms. The Morgan fingerprint density at radius 2 is 1.62 bits per heavy atom. The summed E-state index contributed by atoms with van der Waals surface area (Å²) in [6, 6.07) is -0.0361. The molecule has 0 aliphatic rings. The van der Waals surface area contributed by atoms with Crippen molar-refractivity contribution in [2.45, 2.75) is 50.8 Å². The van der Waals surface area contributed by atoms with Crippen molar-refractivity contribution in [3.63, 3.8) is 0 Å². The maximum atomic E-state index is 11.1. The zero-order chi connectivity index (χ0) is 18.0. The smallest absolute Gasteiger partial charge is 0.305 e. The van der Waals surface area contributed by atoms with Crippen LogP contribution in [0.5, 0.6) is 0 Å². The zero-order valence-electron chi connectivity index (χ0n) is 15.1. The van der Waals surface area contributed by atoms with E-state index < -0.39 is 6.23 Å². The number of nitrogens with one attached hydrogen (secondary N) is 3. The fourth-order valence-corrected chi connectivity index (χ4v) is 2.29. The van der Waals surface area contributed by atoms with Gasteiger partial charge >= 0.3 is 5.97 Å². The number of esters is 1. The predicted octanol–water partition coefficient (Wildman–Crippen LogP) is -1.13. The number of hydrogen-bond donors (Lipinski definition) is 6. The van der Waals surface area contributed by atoms with Gasteiger partial charge in [-0.15, -0.1) is 0 Å². The molecule has 0 heterocycles. The second-order valence-corrected chi connectivity index (χ2v) is 5.82. The topological polar surface area (TPSA) is 135 Å². The number of carbonyl (C=O) groups is 1. The van der Waals surface area contributed by atoms with Gasteiger partial charge < -0.3 is 31.9 Å². The second-order valence-electron chi connectivity index (χ2n) is 5.82. The van der Waals surface area contributed by atoms with Crippen molar-refractivity contribution in [2.75, 3.05) is 46.4 Å². The molecule has 0 aromatic heterocycles. The van der Waals surface area contributed by atoms with E-state index in [0.717, 1.165) is 45.3 Å². The highest BCUT2D eigenvalue weighted by Gasteiger charge is 2.17. The minimum atomic E-state index is -0.649. The Hall–Kier alpha value is -0.770. The van der Waals surface area contributed by atoms with Gasteiger partial charge in [-0.1, -0.05) is 0 Å². The summed E-state index contributed by atoms with van der Waals surface area (Å²) in [5.74, 6) is -0.229. The highest BCUT2D eigenvalue weighted by Crippen LogP contribution is 2.02. The third kappa shape index (κ3) is 13.6. The number of methoxy groups -OCH3 is 1. The molecule has 0 saturated heterocycles. The van der Waals surface area contributed by atoms with Gasteiger partial charge in [0.15, 0.2) is 0 Å². The number of nitrogens with two attached hydrogens (primary N) is 2. The first kappa shape index (κ1) is 23.2. The molecule has 2 atom stereocenters. The van der Waals surface area contributed by atoms with Crippen molar-refractivity contribution >= 4 is 5.97 Å². The molecule has 0 aromatic carbocycles. The Morgan fingerprint density at radius 1 is 1.00 bits per heavy atom. The average molecular weight is 348 g/mol. The van der Waals surface area contributed by atoms with Crippen molar-refractivity contribution < 1.29 is 14.6 Å². The maximum Gasteiger partial charge on any atom is 0.305 e. The van der Waals surface area contributed by atoms with Gasteiger partial charge in [0.1, 0.15) is 6.23 Å². The molecule has 0 bridgehead atoms. The van der Waals surface area contributed by atoms with E-state index in [-0.39, 0.29) is 12.0 Å². The highest BCUT2D eigenvalue weighted by atomic mass is 16.5. The van der Waals surface area contributed by atoms with Gasteiger partial charge in [0.2, 0.25) is 0 Å². The van der Waals surface area contributed by atoms with E-state index in [1.807, 2.05) is 0 Å². The van der Waals surface area contributed by atoms with Crippen molar-refractivity contribution in [2.24, 2.45) is 11.5 Å². The van der Waals surface area contributed by atoms with Crippen molar-refractivity contribution in [1.82, 2.24) is 16.0 Å². The number of aliphatic hydroxyl groups is 1. The summed E-state index contributed by atoms with van der Waals surface area (Å²) in [7, 11) is 1.38. The Kier molecular flexibility index (Phi) is 16.5. The first-order valence-corrected chi connectivity index (χ1v) is 8.98. The first-order chi connectivity index (χ1) is 11.7. The van der Waals surface area contributed by atoms with Crippen LogP contribution in [0.2, 0.25) is 0 Å². The van der Waals surface area contributed by atoms with Crippen molar-refractivity contribution in [1.29, 1.82) is 0 Å². The largest absolute Gasteiger partial charge is 0.469 e. The molecule has 0 aromatic rings. The minimum absolute atomic E-state index is 0.0361. The predicted molar refractivity (Wildman–Crippen MR) is 96.5 cm³/mol. The normalized spacial score (nSPS) is 13.7. The quantitative estimate of drug-likeness (QED) is 0.111. The summed E-state index contributed by atoms with van der Waals surface area (Å²) in [6.45, 7) is 4.51. The van der Waals surface area contributed by atoms with E-state index in [1.54, 1.807) is 0 Å². The van der Waals surface area contributed by atoms with Crippen LogP contribution in [0.25, 0.3) is 0 Å². The molecule has 1 unspecified atom stereocenters. The Bertz CT molecular complexity index is 295. The molecule has 8 heteroatoms. The summed E-state index contributed by atoms with van der Waals surface area (Å²) in [4.78, 5) is 11.1. The van der Waals surface area contributed by atoms with Crippen molar-refractivity contribution in [3.05, 3.63) is 0 Å². The van der Waals surface area contributed by atoms with Gasteiger partial charge in [0.25, 0.3) is 0 Å². The van der Waals surface area contributed by atoms with Crippen LogP contribution in [0.1, 0.15) is 38.5 Å². The van der Waals surface area contributed by atoms with E-state index >= 15 is 0 Å². The number of hydrogen-bond acceptors (Lipinski definition) is 8. The van der Waals surface area contributed by atoms with Crippen LogP contribution >= 0.6 is 0 Å². The number of rotatable bonds is 17.